The molecule has 2 aromatic carbocycles. The summed E-state index contributed by atoms with van der Waals surface area (Å²) in [6.07, 6.45) is 5.22. The molecule has 0 saturated heterocycles. The van der Waals surface area contributed by atoms with Crippen molar-refractivity contribution in [3.05, 3.63) is 71.8 Å². The number of carbonyl (C=O) groups is 1. The van der Waals surface area contributed by atoms with E-state index in [0.29, 0.717) is 29.6 Å². The standard InChI is InChI=1S/C29H38O4/c1-20(2)27(31)33-29(5,6)19-28(3,4)32-26-17-13-24(14-18-26)22-9-7-21(8-10-22)23-11-15-25(30)16-12-23/h11-18,21-22,30H,1,7-10,19H2,2-6H3. The summed E-state index contributed by atoms with van der Waals surface area (Å²) in [5.41, 5.74) is 1.93. The molecule has 0 heterocycles. The molecule has 3 rings (SSSR count). The normalized spacial score (nSPS) is 19.1. The molecule has 0 aliphatic heterocycles. The molecule has 33 heavy (non-hydrogen) atoms. The number of phenols is 1. The van der Waals surface area contributed by atoms with Crippen molar-refractivity contribution >= 4 is 5.97 Å². The quantitative estimate of drug-likeness (QED) is 0.339. The Hall–Kier alpha value is -2.75. The maximum atomic E-state index is 11.9. The summed E-state index contributed by atoms with van der Waals surface area (Å²) in [4.78, 5) is 11.9. The highest BCUT2D eigenvalue weighted by Crippen LogP contribution is 2.41. The molecule has 0 amide bonds. The van der Waals surface area contributed by atoms with E-state index in [-0.39, 0.29) is 5.97 Å². The molecular weight excluding hydrogens is 412 g/mol. The third kappa shape index (κ3) is 7.12. The van der Waals surface area contributed by atoms with E-state index >= 15 is 0 Å². The van der Waals surface area contributed by atoms with E-state index in [1.807, 2.05) is 27.7 Å². The first-order valence-electron chi connectivity index (χ1n) is 11.9. The number of esters is 1. The Morgan fingerprint density at radius 3 is 1.79 bits per heavy atom. The molecule has 4 nitrogen and oxygen atoms in total. The third-order valence-electron chi connectivity index (χ3n) is 6.41. The number of carbonyl (C=O) groups excluding carboxylic acids is 1. The van der Waals surface area contributed by atoms with Gasteiger partial charge in [0.1, 0.15) is 22.7 Å². The van der Waals surface area contributed by atoms with E-state index in [2.05, 4.69) is 43.0 Å². The average molecular weight is 451 g/mol. The van der Waals surface area contributed by atoms with Crippen LogP contribution in [-0.4, -0.2) is 22.3 Å². The molecule has 4 heteroatoms. The van der Waals surface area contributed by atoms with Crippen molar-refractivity contribution in [1.82, 2.24) is 0 Å². The molecule has 1 fully saturated rings. The number of aromatic hydroxyl groups is 1. The first-order valence-corrected chi connectivity index (χ1v) is 11.9. The van der Waals surface area contributed by atoms with Crippen LogP contribution in [0.5, 0.6) is 11.5 Å². The topological polar surface area (TPSA) is 55.8 Å². The van der Waals surface area contributed by atoms with Gasteiger partial charge in [-0.2, -0.15) is 0 Å². The highest BCUT2D eigenvalue weighted by atomic mass is 16.6. The molecule has 0 radical (unpaired) electrons. The van der Waals surface area contributed by atoms with Crippen LogP contribution < -0.4 is 4.74 Å². The fourth-order valence-electron chi connectivity index (χ4n) is 5.07. The van der Waals surface area contributed by atoms with Crippen LogP contribution in [0.3, 0.4) is 0 Å². The van der Waals surface area contributed by atoms with Crippen molar-refractivity contribution in [2.24, 2.45) is 0 Å². The van der Waals surface area contributed by atoms with Gasteiger partial charge in [-0.3, -0.25) is 0 Å². The van der Waals surface area contributed by atoms with Gasteiger partial charge in [0.2, 0.25) is 0 Å². The van der Waals surface area contributed by atoms with Crippen LogP contribution in [-0.2, 0) is 9.53 Å². The number of hydrogen-bond donors (Lipinski definition) is 1. The molecule has 1 N–H and O–H groups in total. The van der Waals surface area contributed by atoms with E-state index < -0.39 is 11.2 Å². The van der Waals surface area contributed by atoms with Crippen molar-refractivity contribution in [3.8, 4) is 11.5 Å². The second-order valence-corrected chi connectivity index (χ2v) is 10.7. The smallest absolute Gasteiger partial charge is 0.333 e. The van der Waals surface area contributed by atoms with Crippen LogP contribution in [0.1, 0.15) is 89.7 Å². The van der Waals surface area contributed by atoms with Gasteiger partial charge in [-0.05, 0) is 108 Å². The van der Waals surface area contributed by atoms with Crippen LogP contribution in [0.25, 0.3) is 0 Å². The third-order valence-corrected chi connectivity index (χ3v) is 6.41. The summed E-state index contributed by atoms with van der Waals surface area (Å²) in [7, 11) is 0. The maximum absolute atomic E-state index is 11.9. The van der Waals surface area contributed by atoms with E-state index in [0.717, 1.165) is 5.75 Å². The average Bonchev–Trinajstić information content (AvgIpc) is 2.73. The number of rotatable bonds is 8. The van der Waals surface area contributed by atoms with Gasteiger partial charge in [-0.1, -0.05) is 30.8 Å². The molecule has 1 aliphatic rings. The Morgan fingerprint density at radius 2 is 1.33 bits per heavy atom. The SMILES string of the molecule is C=C(C)C(=O)OC(C)(C)CC(C)(C)Oc1ccc(C2CCC(c3ccc(O)cc3)CC2)cc1. The highest BCUT2D eigenvalue weighted by Gasteiger charge is 2.33. The number of phenolic OH excluding ortho intramolecular Hbond substituents is 1. The number of hydrogen-bond acceptors (Lipinski definition) is 4. The number of benzene rings is 2. The summed E-state index contributed by atoms with van der Waals surface area (Å²) in [5.74, 6) is 1.92. The van der Waals surface area contributed by atoms with Gasteiger partial charge in [-0.25, -0.2) is 4.79 Å². The van der Waals surface area contributed by atoms with Gasteiger partial charge in [0.05, 0.1) is 0 Å². The van der Waals surface area contributed by atoms with Gasteiger partial charge in [0.15, 0.2) is 0 Å². The summed E-state index contributed by atoms with van der Waals surface area (Å²) in [6.45, 7) is 13.1. The van der Waals surface area contributed by atoms with Crippen molar-refractivity contribution in [1.29, 1.82) is 0 Å². The minimum Gasteiger partial charge on any atom is -0.508 e. The van der Waals surface area contributed by atoms with Gasteiger partial charge < -0.3 is 14.6 Å². The second kappa shape index (κ2) is 10.0. The minimum absolute atomic E-state index is 0.328. The highest BCUT2D eigenvalue weighted by molar-refractivity contribution is 5.87. The van der Waals surface area contributed by atoms with Crippen molar-refractivity contribution in [2.45, 2.75) is 89.8 Å². The van der Waals surface area contributed by atoms with Crippen LogP contribution in [0.4, 0.5) is 0 Å². The zero-order valence-electron chi connectivity index (χ0n) is 20.7. The van der Waals surface area contributed by atoms with Crippen molar-refractivity contribution in [3.63, 3.8) is 0 Å². The molecule has 0 spiro atoms. The maximum Gasteiger partial charge on any atom is 0.333 e. The summed E-state index contributed by atoms with van der Waals surface area (Å²) < 4.78 is 11.9. The minimum atomic E-state index is -0.657. The predicted molar refractivity (Wildman–Crippen MR) is 133 cm³/mol. The molecule has 0 atom stereocenters. The molecule has 0 unspecified atom stereocenters. The van der Waals surface area contributed by atoms with Gasteiger partial charge in [0, 0.05) is 12.0 Å². The Labute approximate surface area is 198 Å². The lowest BCUT2D eigenvalue weighted by Crippen LogP contribution is -2.40. The van der Waals surface area contributed by atoms with E-state index in [9.17, 15) is 9.90 Å². The molecule has 0 bridgehead atoms. The molecule has 2 aromatic rings. The fraction of sp³-hybridized carbons (Fsp3) is 0.483. The summed E-state index contributed by atoms with van der Waals surface area (Å²) in [6, 6.07) is 16.1. The van der Waals surface area contributed by atoms with E-state index in [4.69, 9.17) is 9.47 Å². The van der Waals surface area contributed by atoms with Gasteiger partial charge in [-0.15, -0.1) is 0 Å². The summed E-state index contributed by atoms with van der Waals surface area (Å²) in [5, 5.41) is 9.52. The Bertz CT molecular complexity index is 946. The van der Waals surface area contributed by atoms with Crippen molar-refractivity contribution < 1.29 is 19.4 Å². The van der Waals surface area contributed by atoms with Crippen LogP contribution in [0.15, 0.2) is 60.7 Å². The van der Waals surface area contributed by atoms with E-state index in [1.54, 1.807) is 19.1 Å². The zero-order chi connectivity index (χ0) is 24.2. The largest absolute Gasteiger partial charge is 0.508 e. The lowest BCUT2D eigenvalue weighted by atomic mass is 9.76. The van der Waals surface area contributed by atoms with Crippen LogP contribution in [0, 0.1) is 0 Å². The Balaban J connectivity index is 1.55. The van der Waals surface area contributed by atoms with Gasteiger partial charge in [0.25, 0.3) is 0 Å². The first kappa shape index (κ1) is 24.9. The van der Waals surface area contributed by atoms with Crippen LogP contribution >= 0.6 is 0 Å². The lowest BCUT2D eigenvalue weighted by Gasteiger charge is -2.35. The second-order valence-electron chi connectivity index (χ2n) is 10.7. The lowest BCUT2D eigenvalue weighted by molar-refractivity contribution is -0.155. The molecular formula is C29H38O4. The van der Waals surface area contributed by atoms with Crippen LogP contribution in [0.2, 0.25) is 0 Å². The zero-order valence-corrected chi connectivity index (χ0v) is 20.7. The monoisotopic (exact) mass is 450 g/mol. The molecule has 1 saturated carbocycles. The Kier molecular flexibility index (Phi) is 7.56. The molecule has 1 aliphatic carbocycles. The first-order chi connectivity index (χ1) is 15.4. The fourth-order valence-corrected chi connectivity index (χ4v) is 5.07. The predicted octanol–water partition coefficient (Wildman–Crippen LogP) is 7.28. The van der Waals surface area contributed by atoms with E-state index in [1.165, 1.54) is 36.8 Å². The molecule has 0 aromatic heterocycles. The van der Waals surface area contributed by atoms with Crippen molar-refractivity contribution in [2.75, 3.05) is 0 Å². The summed E-state index contributed by atoms with van der Waals surface area (Å²) >= 11 is 0. The number of ether oxygens (including phenoxy) is 2. The Morgan fingerprint density at radius 1 is 0.879 bits per heavy atom. The molecule has 178 valence electrons. The van der Waals surface area contributed by atoms with Gasteiger partial charge >= 0.3 is 5.97 Å².